The van der Waals surface area contributed by atoms with E-state index in [-0.39, 0.29) is 11.8 Å². The van der Waals surface area contributed by atoms with E-state index in [0.717, 1.165) is 13.1 Å². The van der Waals surface area contributed by atoms with Gasteiger partial charge in [-0.15, -0.1) is 16.2 Å². The minimum atomic E-state index is -0.834. The van der Waals surface area contributed by atoms with Crippen molar-refractivity contribution >= 4 is 22.4 Å². The Morgan fingerprint density at radius 1 is 1.56 bits per heavy atom. The molecular formula is C9H11N3O3S. The smallest absolute Gasteiger partial charge is 0.335 e. The third-order valence-electron chi connectivity index (χ3n) is 2.53. The number of carbonyl (C=O) groups excluding carboxylic acids is 1. The molecule has 1 amide bonds. The Morgan fingerprint density at radius 3 is 2.88 bits per heavy atom. The van der Waals surface area contributed by atoms with Crippen molar-refractivity contribution in [3.63, 3.8) is 0 Å². The van der Waals surface area contributed by atoms with Gasteiger partial charge in [0.1, 0.15) is 5.69 Å². The first kappa shape index (κ1) is 11.2. The Hall–Kier alpha value is -1.34. The number of rotatable bonds is 2. The molecule has 6 nitrogen and oxygen atoms in total. The minimum Gasteiger partial charge on any atom is -0.393 e. The number of aliphatic hydroxyl groups excluding tert-OH is 1. The van der Waals surface area contributed by atoms with Crippen LogP contribution in [0.2, 0.25) is 0 Å². The largest absolute Gasteiger partial charge is 0.393 e. The zero-order valence-electron chi connectivity index (χ0n) is 8.50. The number of nitrogens with zero attached hydrogens (tertiary/aromatic N) is 3. The van der Waals surface area contributed by atoms with Crippen LogP contribution in [-0.4, -0.2) is 35.2 Å². The van der Waals surface area contributed by atoms with Crippen molar-refractivity contribution in [3.8, 4) is 0 Å². The topological polar surface area (TPSA) is 82.9 Å². The van der Waals surface area contributed by atoms with E-state index >= 15 is 0 Å². The zero-order chi connectivity index (χ0) is 11.5. The van der Waals surface area contributed by atoms with Gasteiger partial charge in [-0.25, -0.2) is 4.98 Å². The lowest BCUT2D eigenvalue weighted by atomic mass is 10.1. The highest BCUT2D eigenvalue weighted by Crippen LogP contribution is 2.24. The molecule has 0 saturated carbocycles. The van der Waals surface area contributed by atoms with Gasteiger partial charge in [0.15, 0.2) is 5.13 Å². The third kappa shape index (κ3) is 2.25. The Morgan fingerprint density at radius 2 is 2.25 bits per heavy atom. The Kier molecular flexibility index (Phi) is 3.25. The molecule has 0 bridgehead atoms. The Balaban J connectivity index is 2.07. The summed E-state index contributed by atoms with van der Waals surface area (Å²) in [6, 6.07) is 0. The lowest BCUT2D eigenvalue weighted by Gasteiger charge is -2.28. The fourth-order valence-corrected chi connectivity index (χ4v) is 2.46. The van der Waals surface area contributed by atoms with E-state index in [1.54, 1.807) is 0 Å². The van der Waals surface area contributed by atoms with Crippen molar-refractivity contribution in [2.45, 2.75) is 18.9 Å². The van der Waals surface area contributed by atoms with Gasteiger partial charge in [-0.05, 0) is 12.8 Å². The van der Waals surface area contributed by atoms with Crippen LogP contribution in [-0.2, 0) is 0 Å². The average Bonchev–Trinajstić information content (AvgIpc) is 2.78. The van der Waals surface area contributed by atoms with E-state index in [1.165, 1.54) is 16.7 Å². The van der Waals surface area contributed by atoms with Gasteiger partial charge in [0.2, 0.25) is 0 Å². The van der Waals surface area contributed by atoms with E-state index in [4.69, 9.17) is 0 Å². The number of nitroso groups, excluding NO2 is 1. The van der Waals surface area contributed by atoms with Gasteiger partial charge in [0.05, 0.1) is 6.10 Å². The first-order valence-electron chi connectivity index (χ1n) is 4.97. The summed E-state index contributed by atoms with van der Waals surface area (Å²) < 4.78 is 0. The van der Waals surface area contributed by atoms with Crippen LogP contribution in [0.5, 0.6) is 0 Å². The highest BCUT2D eigenvalue weighted by atomic mass is 32.1. The third-order valence-corrected chi connectivity index (χ3v) is 3.43. The summed E-state index contributed by atoms with van der Waals surface area (Å²) in [6.07, 6.45) is 1.16. The molecule has 0 aliphatic carbocycles. The first-order chi connectivity index (χ1) is 7.70. The predicted molar refractivity (Wildman–Crippen MR) is 59.7 cm³/mol. The van der Waals surface area contributed by atoms with E-state index in [1.807, 2.05) is 4.90 Å². The van der Waals surface area contributed by atoms with Crippen molar-refractivity contribution in [1.82, 2.24) is 4.98 Å². The second-order valence-electron chi connectivity index (χ2n) is 3.63. The number of hydrogen-bond acceptors (Lipinski definition) is 6. The fourth-order valence-electron chi connectivity index (χ4n) is 1.61. The number of aliphatic hydroxyl groups is 1. The monoisotopic (exact) mass is 241 g/mol. The van der Waals surface area contributed by atoms with Crippen LogP contribution >= 0.6 is 11.3 Å². The van der Waals surface area contributed by atoms with E-state index < -0.39 is 5.91 Å². The quantitative estimate of drug-likeness (QED) is 0.781. The van der Waals surface area contributed by atoms with Crippen molar-refractivity contribution in [3.05, 3.63) is 16.0 Å². The molecule has 1 aromatic rings. The second kappa shape index (κ2) is 4.67. The van der Waals surface area contributed by atoms with Gasteiger partial charge >= 0.3 is 5.91 Å². The summed E-state index contributed by atoms with van der Waals surface area (Å²) in [6.45, 7) is 1.44. The van der Waals surface area contributed by atoms with Gasteiger partial charge in [0.25, 0.3) is 0 Å². The van der Waals surface area contributed by atoms with Gasteiger partial charge in [-0.3, -0.25) is 4.79 Å². The van der Waals surface area contributed by atoms with Gasteiger partial charge in [-0.2, -0.15) is 0 Å². The molecule has 7 heteroatoms. The molecule has 1 aromatic heterocycles. The standard InChI is InChI=1S/C9H11N3O3S/c13-6-1-3-12(4-2-6)9-10-7(5-16-9)8(14)11-15/h5-6,13H,1-4H2. The summed E-state index contributed by atoms with van der Waals surface area (Å²) in [5.74, 6) is -0.834. The molecular weight excluding hydrogens is 230 g/mol. The molecule has 2 rings (SSSR count). The van der Waals surface area contributed by atoms with Crippen molar-refractivity contribution in [1.29, 1.82) is 0 Å². The lowest BCUT2D eigenvalue weighted by Crippen LogP contribution is -2.35. The molecule has 16 heavy (non-hydrogen) atoms. The van der Waals surface area contributed by atoms with Crippen LogP contribution < -0.4 is 4.90 Å². The van der Waals surface area contributed by atoms with Crippen LogP contribution in [0.3, 0.4) is 0 Å². The fraction of sp³-hybridized carbons (Fsp3) is 0.556. The van der Waals surface area contributed by atoms with Gasteiger partial charge in [-0.1, -0.05) is 0 Å². The highest BCUT2D eigenvalue weighted by Gasteiger charge is 2.20. The minimum absolute atomic E-state index is 0.0983. The maximum Gasteiger partial charge on any atom is 0.335 e. The molecule has 0 radical (unpaired) electrons. The zero-order valence-corrected chi connectivity index (χ0v) is 9.31. The molecule has 0 unspecified atom stereocenters. The van der Waals surface area contributed by atoms with Gasteiger partial charge < -0.3 is 10.0 Å². The molecule has 86 valence electrons. The first-order valence-corrected chi connectivity index (χ1v) is 5.85. The molecule has 2 heterocycles. The van der Waals surface area contributed by atoms with Crippen molar-refractivity contribution in [2.24, 2.45) is 5.18 Å². The molecule has 1 aliphatic rings. The van der Waals surface area contributed by atoms with Crippen LogP contribution in [0, 0.1) is 4.91 Å². The molecule has 0 spiro atoms. The van der Waals surface area contributed by atoms with Gasteiger partial charge in [0, 0.05) is 23.6 Å². The molecule has 1 saturated heterocycles. The van der Waals surface area contributed by atoms with Crippen molar-refractivity contribution in [2.75, 3.05) is 18.0 Å². The summed E-state index contributed by atoms with van der Waals surface area (Å²) >= 11 is 1.31. The number of hydrogen-bond donors (Lipinski definition) is 1. The summed E-state index contributed by atoms with van der Waals surface area (Å²) in [7, 11) is 0. The Labute approximate surface area is 95.9 Å². The normalized spacial score (nSPS) is 17.4. The van der Waals surface area contributed by atoms with Crippen molar-refractivity contribution < 1.29 is 9.90 Å². The summed E-state index contributed by atoms with van der Waals surface area (Å²) in [4.78, 5) is 27.1. The number of piperidine rings is 1. The maximum atomic E-state index is 11.0. The maximum absolute atomic E-state index is 11.0. The summed E-state index contributed by atoms with van der Waals surface area (Å²) in [5, 5.41) is 13.9. The van der Waals surface area contributed by atoms with Crippen LogP contribution in [0.25, 0.3) is 0 Å². The molecule has 1 fully saturated rings. The van der Waals surface area contributed by atoms with Crippen LogP contribution in [0.15, 0.2) is 10.6 Å². The van der Waals surface area contributed by atoms with Crippen LogP contribution in [0.4, 0.5) is 5.13 Å². The number of aromatic nitrogens is 1. The molecule has 1 aliphatic heterocycles. The van der Waals surface area contributed by atoms with E-state index in [0.29, 0.717) is 18.0 Å². The highest BCUT2D eigenvalue weighted by molar-refractivity contribution is 7.13. The lowest BCUT2D eigenvalue weighted by molar-refractivity contribution is 0.0996. The van der Waals surface area contributed by atoms with E-state index in [2.05, 4.69) is 10.2 Å². The molecule has 0 aromatic carbocycles. The number of anilines is 1. The van der Waals surface area contributed by atoms with Crippen LogP contribution in [0.1, 0.15) is 23.3 Å². The summed E-state index contributed by atoms with van der Waals surface area (Å²) in [5.41, 5.74) is 0.0983. The average molecular weight is 241 g/mol. The van der Waals surface area contributed by atoms with E-state index in [9.17, 15) is 14.8 Å². The number of carbonyl (C=O) groups is 1. The SMILES string of the molecule is O=NC(=O)c1csc(N2CCC(O)CC2)n1. The number of thiazole rings is 1. The predicted octanol–water partition coefficient (Wildman–Crippen LogP) is 1.01. The number of amides is 1. The molecule has 0 atom stereocenters. The molecule has 1 N–H and O–H groups in total. The Bertz CT molecular complexity index is 398. The second-order valence-corrected chi connectivity index (χ2v) is 4.47.